The molecule has 9 heteroatoms. The number of amides is 1. The summed E-state index contributed by atoms with van der Waals surface area (Å²) in [4.78, 5) is 21.4. The fourth-order valence-corrected chi connectivity index (χ4v) is 2.06. The van der Waals surface area contributed by atoms with Crippen molar-refractivity contribution in [2.24, 2.45) is 0 Å². The van der Waals surface area contributed by atoms with Gasteiger partial charge in [0.05, 0.1) is 24.6 Å². The summed E-state index contributed by atoms with van der Waals surface area (Å²) in [7, 11) is 6.09. The van der Waals surface area contributed by atoms with Gasteiger partial charge in [-0.15, -0.1) is 0 Å². The Labute approximate surface area is 144 Å². The monoisotopic (exact) mass is 344 g/mol. The predicted molar refractivity (Wildman–Crippen MR) is 90.5 cm³/mol. The average molecular weight is 344 g/mol. The Balaban J connectivity index is 2.42. The summed E-state index contributed by atoms with van der Waals surface area (Å²) >= 11 is 0. The Morgan fingerprint density at radius 1 is 1.40 bits per heavy atom. The smallest absolute Gasteiger partial charge is 0.256 e. The Morgan fingerprint density at radius 3 is 2.68 bits per heavy atom. The van der Waals surface area contributed by atoms with E-state index in [1.165, 1.54) is 38.4 Å². The molecule has 0 aliphatic heterocycles. The second kappa shape index (κ2) is 7.44. The van der Waals surface area contributed by atoms with Crippen LogP contribution in [0.2, 0.25) is 0 Å². The van der Waals surface area contributed by atoms with Gasteiger partial charge in [0.25, 0.3) is 5.91 Å². The van der Waals surface area contributed by atoms with E-state index < -0.39 is 11.7 Å². The van der Waals surface area contributed by atoms with Crippen molar-refractivity contribution in [3.8, 4) is 11.8 Å². The highest BCUT2D eigenvalue weighted by Gasteiger charge is 2.18. The zero-order valence-electron chi connectivity index (χ0n) is 14.2. The minimum absolute atomic E-state index is 0.107. The van der Waals surface area contributed by atoms with E-state index in [2.05, 4.69) is 20.6 Å². The number of ether oxygens (including phenoxy) is 1. The van der Waals surface area contributed by atoms with Crippen LogP contribution in [0, 0.1) is 17.1 Å². The number of anilines is 3. The quantitative estimate of drug-likeness (QED) is 0.855. The molecule has 0 atom stereocenters. The molecule has 0 radical (unpaired) electrons. The van der Waals surface area contributed by atoms with Crippen LogP contribution in [0.1, 0.15) is 15.9 Å². The summed E-state index contributed by atoms with van der Waals surface area (Å²) in [5.74, 6) is -0.448. The number of carbonyl (C=O) groups is 1. The van der Waals surface area contributed by atoms with Crippen LogP contribution < -0.4 is 15.4 Å². The number of hydrogen-bond donors (Lipinski definition) is 2. The molecule has 1 heterocycles. The molecule has 2 rings (SSSR count). The largest absolute Gasteiger partial charge is 0.495 e. The lowest BCUT2D eigenvalue weighted by molar-refractivity contribution is 0.0822. The first-order valence-electron chi connectivity index (χ1n) is 7.22. The van der Waals surface area contributed by atoms with Crippen molar-refractivity contribution < 1.29 is 13.9 Å². The molecule has 1 aromatic heterocycles. The predicted octanol–water partition coefficient (Wildman–Crippen LogP) is 1.98. The Kier molecular flexibility index (Phi) is 5.34. The highest BCUT2D eigenvalue weighted by molar-refractivity contribution is 5.95. The van der Waals surface area contributed by atoms with Gasteiger partial charge in [-0.2, -0.15) is 10.2 Å². The first kappa shape index (κ1) is 17.9. The van der Waals surface area contributed by atoms with Crippen LogP contribution in [0.25, 0.3) is 0 Å². The van der Waals surface area contributed by atoms with Crippen LogP contribution in [-0.4, -0.2) is 49.0 Å². The number of carbonyl (C=O) groups excluding carboxylic acids is 1. The topological polar surface area (TPSA) is 103 Å². The van der Waals surface area contributed by atoms with Crippen molar-refractivity contribution in [1.82, 2.24) is 14.9 Å². The van der Waals surface area contributed by atoms with Crippen molar-refractivity contribution in [3.05, 3.63) is 35.3 Å². The van der Waals surface area contributed by atoms with Crippen LogP contribution in [0.5, 0.6) is 5.75 Å². The highest BCUT2D eigenvalue weighted by atomic mass is 19.1. The summed E-state index contributed by atoms with van der Waals surface area (Å²) in [6, 6.07) is 4.40. The standard InChI is InChI=1S/C16H17FN6O2/c1-19-14-9(7-18)8-20-16(22-14)21-12-6-11(17)10(5-13(12)25-4)15(24)23(2)3/h5-6,8H,1-4H3,(H2,19,20,21,22). The van der Waals surface area contributed by atoms with E-state index in [0.29, 0.717) is 5.82 Å². The maximum atomic E-state index is 14.3. The van der Waals surface area contributed by atoms with Gasteiger partial charge in [0.2, 0.25) is 5.95 Å². The molecule has 0 fully saturated rings. The molecule has 1 amide bonds. The van der Waals surface area contributed by atoms with Crippen molar-refractivity contribution >= 4 is 23.4 Å². The van der Waals surface area contributed by atoms with Gasteiger partial charge in [-0.1, -0.05) is 0 Å². The summed E-state index contributed by atoms with van der Waals surface area (Å²) in [6.45, 7) is 0. The minimum atomic E-state index is -0.704. The zero-order chi connectivity index (χ0) is 18.6. The van der Waals surface area contributed by atoms with Gasteiger partial charge < -0.3 is 20.3 Å². The number of methoxy groups -OCH3 is 1. The third-order valence-corrected chi connectivity index (χ3v) is 3.32. The van der Waals surface area contributed by atoms with Gasteiger partial charge in [0.15, 0.2) is 0 Å². The summed E-state index contributed by atoms with van der Waals surface area (Å²) in [5, 5.41) is 14.6. The number of nitrogens with one attached hydrogen (secondary N) is 2. The molecule has 0 spiro atoms. The van der Waals surface area contributed by atoms with Crippen molar-refractivity contribution in [2.45, 2.75) is 0 Å². The van der Waals surface area contributed by atoms with Gasteiger partial charge >= 0.3 is 0 Å². The number of hydrogen-bond acceptors (Lipinski definition) is 7. The van der Waals surface area contributed by atoms with Gasteiger partial charge in [0, 0.05) is 27.2 Å². The number of halogens is 1. The molecule has 2 N–H and O–H groups in total. The maximum Gasteiger partial charge on any atom is 0.256 e. The number of nitriles is 1. The SMILES string of the molecule is CNc1nc(Nc2cc(F)c(C(=O)N(C)C)cc2OC)ncc1C#N. The molecule has 0 unspecified atom stereocenters. The van der Waals surface area contributed by atoms with E-state index in [0.717, 1.165) is 6.07 Å². The van der Waals surface area contributed by atoms with Gasteiger partial charge in [-0.25, -0.2) is 9.37 Å². The lowest BCUT2D eigenvalue weighted by Crippen LogP contribution is -2.23. The van der Waals surface area contributed by atoms with Crippen molar-refractivity contribution in [1.29, 1.82) is 5.26 Å². The summed E-state index contributed by atoms with van der Waals surface area (Å²) in [5.41, 5.74) is 0.421. The van der Waals surface area contributed by atoms with E-state index in [9.17, 15) is 9.18 Å². The fourth-order valence-electron chi connectivity index (χ4n) is 2.06. The first-order valence-corrected chi connectivity index (χ1v) is 7.22. The molecule has 0 saturated heterocycles. The van der Waals surface area contributed by atoms with E-state index in [-0.39, 0.29) is 28.5 Å². The third-order valence-electron chi connectivity index (χ3n) is 3.32. The Bertz CT molecular complexity index is 847. The minimum Gasteiger partial charge on any atom is -0.495 e. The molecular formula is C16H17FN6O2. The lowest BCUT2D eigenvalue weighted by Gasteiger charge is -2.15. The first-order chi connectivity index (χ1) is 11.9. The van der Waals surface area contributed by atoms with Crippen LogP contribution >= 0.6 is 0 Å². The average Bonchev–Trinajstić information content (AvgIpc) is 2.61. The number of nitrogens with zero attached hydrogens (tertiary/aromatic N) is 4. The van der Waals surface area contributed by atoms with E-state index in [4.69, 9.17) is 10.00 Å². The van der Waals surface area contributed by atoms with E-state index in [1.807, 2.05) is 6.07 Å². The molecule has 130 valence electrons. The summed E-state index contributed by atoms with van der Waals surface area (Å²) in [6.07, 6.45) is 1.34. The van der Waals surface area contributed by atoms with Crippen molar-refractivity contribution in [3.63, 3.8) is 0 Å². The highest BCUT2D eigenvalue weighted by Crippen LogP contribution is 2.30. The zero-order valence-corrected chi connectivity index (χ0v) is 14.2. The lowest BCUT2D eigenvalue weighted by atomic mass is 10.1. The molecule has 0 bridgehead atoms. The Hall–Kier alpha value is -3.41. The third kappa shape index (κ3) is 3.74. The van der Waals surface area contributed by atoms with Crippen molar-refractivity contribution in [2.75, 3.05) is 38.9 Å². The maximum absolute atomic E-state index is 14.3. The normalized spacial score (nSPS) is 9.92. The molecule has 2 aromatic rings. The van der Waals surface area contributed by atoms with E-state index in [1.54, 1.807) is 7.05 Å². The molecule has 25 heavy (non-hydrogen) atoms. The Morgan fingerprint density at radius 2 is 2.12 bits per heavy atom. The number of rotatable bonds is 5. The van der Waals surface area contributed by atoms with Gasteiger partial charge in [-0.05, 0) is 6.07 Å². The molecule has 0 saturated carbocycles. The van der Waals surface area contributed by atoms with Crippen LogP contribution in [0.4, 0.5) is 21.8 Å². The van der Waals surface area contributed by atoms with Gasteiger partial charge in [-0.3, -0.25) is 4.79 Å². The molecular weight excluding hydrogens is 327 g/mol. The molecule has 0 aliphatic carbocycles. The second-order valence-electron chi connectivity index (χ2n) is 5.17. The van der Waals surface area contributed by atoms with Crippen LogP contribution in [0.3, 0.4) is 0 Å². The number of aromatic nitrogens is 2. The van der Waals surface area contributed by atoms with Crippen LogP contribution in [0.15, 0.2) is 18.3 Å². The fraction of sp³-hybridized carbons (Fsp3) is 0.250. The number of benzene rings is 1. The summed E-state index contributed by atoms with van der Waals surface area (Å²) < 4.78 is 19.5. The molecule has 0 aliphatic rings. The molecule has 1 aromatic carbocycles. The molecule has 8 nitrogen and oxygen atoms in total. The van der Waals surface area contributed by atoms with Crippen LogP contribution in [-0.2, 0) is 0 Å². The van der Waals surface area contributed by atoms with E-state index >= 15 is 0 Å². The second-order valence-corrected chi connectivity index (χ2v) is 5.17. The van der Waals surface area contributed by atoms with Gasteiger partial charge in [0.1, 0.15) is 29.0 Å².